The predicted molar refractivity (Wildman–Crippen MR) is 59.4 cm³/mol. The number of hydrogen-bond donors (Lipinski definition) is 0. The predicted octanol–water partition coefficient (Wildman–Crippen LogP) is 3.63. The average Bonchev–Trinajstić information content (AvgIpc) is 2.81. The zero-order valence-electron chi connectivity index (χ0n) is 8.35. The fourth-order valence-corrected chi connectivity index (χ4v) is 1.73. The van der Waals surface area contributed by atoms with Gasteiger partial charge in [-0.1, -0.05) is 6.07 Å². The summed E-state index contributed by atoms with van der Waals surface area (Å²) < 4.78 is 18.8. The number of benzene rings is 1. The van der Waals surface area contributed by atoms with E-state index < -0.39 is 0 Å². The normalized spacial score (nSPS) is 10.8. The molecule has 0 unspecified atom stereocenters. The van der Waals surface area contributed by atoms with Gasteiger partial charge in [0.15, 0.2) is 0 Å². The molecule has 3 heteroatoms. The van der Waals surface area contributed by atoms with Crippen LogP contribution in [-0.4, -0.2) is 4.98 Å². The Kier molecular flexibility index (Phi) is 1.96. The summed E-state index contributed by atoms with van der Waals surface area (Å²) in [7, 11) is 0. The Labute approximate surface area is 91.3 Å². The van der Waals surface area contributed by atoms with Crippen molar-refractivity contribution in [1.82, 2.24) is 4.98 Å². The molecule has 0 atom stereocenters. The molecular formula is C13H8FNO. The second-order valence-electron chi connectivity index (χ2n) is 3.54. The lowest BCUT2D eigenvalue weighted by atomic mass is 10.1. The van der Waals surface area contributed by atoms with Crippen molar-refractivity contribution in [2.75, 3.05) is 0 Å². The Hall–Kier alpha value is -2.16. The first-order valence-electron chi connectivity index (χ1n) is 4.91. The zero-order valence-corrected chi connectivity index (χ0v) is 8.35. The SMILES string of the molecule is Fc1cc2ncccc2cc1-c1ccoc1. The molecule has 0 bridgehead atoms. The van der Waals surface area contributed by atoms with Crippen LogP contribution in [0.3, 0.4) is 0 Å². The van der Waals surface area contributed by atoms with E-state index in [9.17, 15) is 4.39 Å². The molecule has 2 aromatic heterocycles. The molecule has 0 radical (unpaired) electrons. The van der Waals surface area contributed by atoms with Gasteiger partial charge in [-0.05, 0) is 18.2 Å². The van der Waals surface area contributed by atoms with Gasteiger partial charge in [0, 0.05) is 28.8 Å². The van der Waals surface area contributed by atoms with Gasteiger partial charge in [0.1, 0.15) is 5.82 Å². The largest absolute Gasteiger partial charge is 0.472 e. The molecular weight excluding hydrogens is 205 g/mol. The lowest BCUT2D eigenvalue weighted by Crippen LogP contribution is -1.85. The summed E-state index contributed by atoms with van der Waals surface area (Å²) in [5, 5.41) is 0.917. The Balaban J connectivity index is 2.30. The van der Waals surface area contributed by atoms with Crippen molar-refractivity contribution in [1.29, 1.82) is 0 Å². The Morgan fingerprint density at radius 1 is 1.19 bits per heavy atom. The highest BCUT2D eigenvalue weighted by Gasteiger charge is 2.08. The number of halogens is 1. The van der Waals surface area contributed by atoms with Crippen LogP contribution < -0.4 is 0 Å². The molecule has 3 aromatic rings. The van der Waals surface area contributed by atoms with Gasteiger partial charge in [-0.25, -0.2) is 4.39 Å². The summed E-state index contributed by atoms with van der Waals surface area (Å²) in [5.74, 6) is -0.285. The van der Waals surface area contributed by atoms with Crippen LogP contribution >= 0.6 is 0 Å². The minimum atomic E-state index is -0.285. The van der Waals surface area contributed by atoms with E-state index in [2.05, 4.69) is 4.98 Å². The van der Waals surface area contributed by atoms with Crippen LogP contribution in [0.5, 0.6) is 0 Å². The quantitative estimate of drug-likeness (QED) is 0.616. The van der Waals surface area contributed by atoms with Gasteiger partial charge in [0.2, 0.25) is 0 Å². The van der Waals surface area contributed by atoms with Crippen LogP contribution in [0.2, 0.25) is 0 Å². The summed E-state index contributed by atoms with van der Waals surface area (Å²) in [6, 6.07) is 8.70. The van der Waals surface area contributed by atoms with Gasteiger partial charge in [-0.15, -0.1) is 0 Å². The number of rotatable bonds is 1. The van der Waals surface area contributed by atoms with E-state index in [0.717, 1.165) is 10.9 Å². The van der Waals surface area contributed by atoms with Crippen molar-refractivity contribution in [3.8, 4) is 11.1 Å². The van der Waals surface area contributed by atoms with Crippen molar-refractivity contribution in [3.05, 3.63) is 54.9 Å². The maximum absolute atomic E-state index is 13.8. The zero-order chi connectivity index (χ0) is 11.0. The number of aromatic nitrogens is 1. The summed E-state index contributed by atoms with van der Waals surface area (Å²) in [5.41, 5.74) is 1.93. The molecule has 78 valence electrons. The van der Waals surface area contributed by atoms with Crippen LogP contribution in [0.1, 0.15) is 0 Å². The van der Waals surface area contributed by atoms with Crippen molar-refractivity contribution in [3.63, 3.8) is 0 Å². The Morgan fingerprint density at radius 2 is 2.12 bits per heavy atom. The maximum Gasteiger partial charge on any atom is 0.133 e. The van der Waals surface area contributed by atoms with Crippen LogP contribution in [0.4, 0.5) is 4.39 Å². The molecule has 0 N–H and O–H groups in total. The minimum Gasteiger partial charge on any atom is -0.472 e. The lowest BCUT2D eigenvalue weighted by molar-refractivity contribution is 0.567. The van der Waals surface area contributed by atoms with E-state index in [0.29, 0.717) is 11.1 Å². The second-order valence-corrected chi connectivity index (χ2v) is 3.54. The molecule has 16 heavy (non-hydrogen) atoms. The monoisotopic (exact) mass is 213 g/mol. The maximum atomic E-state index is 13.8. The Morgan fingerprint density at radius 3 is 2.94 bits per heavy atom. The molecule has 0 aliphatic heterocycles. The molecule has 0 fully saturated rings. The van der Waals surface area contributed by atoms with Gasteiger partial charge in [0.25, 0.3) is 0 Å². The van der Waals surface area contributed by atoms with E-state index in [4.69, 9.17) is 4.42 Å². The van der Waals surface area contributed by atoms with Gasteiger partial charge in [-0.2, -0.15) is 0 Å². The van der Waals surface area contributed by atoms with Crippen LogP contribution in [0.15, 0.2) is 53.5 Å². The fourth-order valence-electron chi connectivity index (χ4n) is 1.73. The van der Waals surface area contributed by atoms with E-state index >= 15 is 0 Å². The number of pyridine rings is 1. The smallest absolute Gasteiger partial charge is 0.133 e. The van der Waals surface area contributed by atoms with Crippen molar-refractivity contribution >= 4 is 10.9 Å². The van der Waals surface area contributed by atoms with Crippen LogP contribution in [0.25, 0.3) is 22.0 Å². The third-order valence-electron chi connectivity index (χ3n) is 2.52. The van der Waals surface area contributed by atoms with Crippen molar-refractivity contribution < 1.29 is 8.81 Å². The van der Waals surface area contributed by atoms with E-state index in [1.165, 1.54) is 18.6 Å². The van der Waals surface area contributed by atoms with Crippen molar-refractivity contribution in [2.45, 2.75) is 0 Å². The van der Waals surface area contributed by atoms with E-state index in [-0.39, 0.29) is 5.82 Å². The third-order valence-corrected chi connectivity index (χ3v) is 2.52. The van der Waals surface area contributed by atoms with Crippen LogP contribution in [0, 0.1) is 5.82 Å². The third kappa shape index (κ3) is 1.37. The first-order valence-corrected chi connectivity index (χ1v) is 4.91. The molecule has 0 aliphatic rings. The molecule has 1 aromatic carbocycles. The highest BCUT2D eigenvalue weighted by atomic mass is 19.1. The highest BCUT2D eigenvalue weighted by molar-refractivity contribution is 5.84. The molecule has 2 nitrogen and oxygen atoms in total. The topological polar surface area (TPSA) is 26.0 Å². The highest BCUT2D eigenvalue weighted by Crippen LogP contribution is 2.26. The average molecular weight is 213 g/mol. The molecule has 0 saturated heterocycles. The van der Waals surface area contributed by atoms with Gasteiger partial charge >= 0.3 is 0 Å². The molecule has 0 saturated carbocycles. The first kappa shape index (κ1) is 9.09. The second kappa shape index (κ2) is 3.45. The minimum absolute atomic E-state index is 0.285. The first-order chi connectivity index (χ1) is 7.84. The van der Waals surface area contributed by atoms with Gasteiger partial charge in [0.05, 0.1) is 18.0 Å². The molecule has 0 aliphatic carbocycles. The number of fused-ring (bicyclic) bond motifs is 1. The fraction of sp³-hybridized carbons (Fsp3) is 0. The molecule has 2 heterocycles. The number of furan rings is 1. The number of nitrogens with zero attached hydrogens (tertiary/aromatic N) is 1. The Bertz CT molecular complexity index is 631. The lowest BCUT2D eigenvalue weighted by Gasteiger charge is -2.02. The molecule has 0 amide bonds. The summed E-state index contributed by atoms with van der Waals surface area (Å²) in [6.45, 7) is 0. The summed E-state index contributed by atoms with van der Waals surface area (Å²) in [4.78, 5) is 4.10. The van der Waals surface area contributed by atoms with Gasteiger partial charge in [-0.3, -0.25) is 4.98 Å². The van der Waals surface area contributed by atoms with Gasteiger partial charge < -0.3 is 4.42 Å². The molecule has 0 spiro atoms. The van der Waals surface area contributed by atoms with Crippen molar-refractivity contribution in [2.24, 2.45) is 0 Å². The standard InChI is InChI=1S/C13H8FNO/c14-12-7-13-9(2-1-4-15-13)6-11(12)10-3-5-16-8-10/h1-8H. The summed E-state index contributed by atoms with van der Waals surface area (Å²) >= 11 is 0. The van der Waals surface area contributed by atoms with E-state index in [1.807, 2.05) is 12.1 Å². The molecule has 3 rings (SSSR count). The number of hydrogen-bond acceptors (Lipinski definition) is 2. The summed E-state index contributed by atoms with van der Waals surface area (Å²) in [6.07, 6.45) is 4.71. The van der Waals surface area contributed by atoms with Crippen LogP contribution in [-0.2, 0) is 0 Å². The van der Waals surface area contributed by atoms with E-state index in [1.54, 1.807) is 18.3 Å².